The number of hydrogen-bond donors (Lipinski definition) is 1. The first kappa shape index (κ1) is 11.9. The average Bonchev–Trinajstić information content (AvgIpc) is 2.57. The second-order valence-electron chi connectivity index (χ2n) is 3.70. The van der Waals surface area contributed by atoms with Crippen molar-refractivity contribution < 1.29 is 9.59 Å². The van der Waals surface area contributed by atoms with Crippen LogP contribution < -0.4 is 5.73 Å². The minimum Gasteiger partial charge on any atom is -0.397 e. The third-order valence-electron chi connectivity index (χ3n) is 2.60. The van der Waals surface area contributed by atoms with E-state index < -0.39 is 0 Å². The van der Waals surface area contributed by atoms with Gasteiger partial charge in [-0.1, -0.05) is 0 Å². The molecule has 17 heavy (non-hydrogen) atoms. The van der Waals surface area contributed by atoms with Crippen molar-refractivity contribution >= 4 is 29.3 Å². The van der Waals surface area contributed by atoms with Gasteiger partial charge < -0.3 is 5.73 Å². The number of anilines is 1. The molecule has 1 aromatic rings. The lowest BCUT2D eigenvalue weighted by Gasteiger charge is -2.12. The van der Waals surface area contributed by atoms with Crippen LogP contribution in [0.5, 0.6) is 0 Å². The van der Waals surface area contributed by atoms with Crippen molar-refractivity contribution in [2.75, 3.05) is 12.3 Å². The van der Waals surface area contributed by atoms with Crippen LogP contribution in [0.3, 0.4) is 0 Å². The van der Waals surface area contributed by atoms with Gasteiger partial charge >= 0.3 is 0 Å². The molecule has 1 aliphatic heterocycles. The van der Waals surface area contributed by atoms with Crippen molar-refractivity contribution in [3.8, 4) is 0 Å². The van der Waals surface area contributed by atoms with Crippen molar-refractivity contribution in [1.82, 2.24) is 9.88 Å². The molecule has 1 fully saturated rings. The summed E-state index contributed by atoms with van der Waals surface area (Å²) in [7, 11) is 0. The second-order valence-corrected chi connectivity index (χ2v) is 4.94. The highest BCUT2D eigenvalue weighted by Gasteiger charge is 2.38. The number of thioether (sulfide) groups is 1. The molecule has 2 amide bonds. The smallest absolute Gasteiger partial charge is 0.243 e. The fourth-order valence-corrected chi connectivity index (χ4v) is 2.82. The molecule has 0 bridgehead atoms. The van der Waals surface area contributed by atoms with Crippen molar-refractivity contribution in [1.29, 1.82) is 0 Å². The maximum Gasteiger partial charge on any atom is 0.243 e. The largest absolute Gasteiger partial charge is 0.397 e. The van der Waals surface area contributed by atoms with Crippen LogP contribution in [0.15, 0.2) is 23.4 Å². The van der Waals surface area contributed by atoms with E-state index in [1.165, 1.54) is 16.7 Å². The molecule has 1 saturated heterocycles. The molecule has 0 saturated carbocycles. The summed E-state index contributed by atoms with van der Waals surface area (Å²) in [5, 5.41) is -0.354. The normalized spacial score (nSPS) is 20.1. The van der Waals surface area contributed by atoms with Gasteiger partial charge in [-0.2, -0.15) is 0 Å². The Bertz CT molecular complexity index is 464. The standard InChI is InChI=1S/C11H13N3O2S/c1-2-14-10(15)5-9(11(14)16)17-8-3-4-13-6-7(8)12/h3-4,6,9H,2,5,12H2,1H3. The van der Waals surface area contributed by atoms with Crippen LogP contribution in [0, 0.1) is 0 Å². The molecule has 2 heterocycles. The van der Waals surface area contributed by atoms with E-state index in [0.717, 1.165) is 4.90 Å². The summed E-state index contributed by atoms with van der Waals surface area (Å²) in [6, 6.07) is 1.76. The number of aromatic nitrogens is 1. The zero-order chi connectivity index (χ0) is 12.4. The van der Waals surface area contributed by atoms with Gasteiger partial charge in [0.2, 0.25) is 11.8 Å². The van der Waals surface area contributed by atoms with Gasteiger partial charge in [-0.15, -0.1) is 11.8 Å². The van der Waals surface area contributed by atoms with Crippen molar-refractivity contribution in [2.24, 2.45) is 0 Å². The van der Waals surface area contributed by atoms with Gasteiger partial charge in [0.15, 0.2) is 0 Å². The van der Waals surface area contributed by atoms with Crippen molar-refractivity contribution in [3.63, 3.8) is 0 Å². The molecular formula is C11H13N3O2S. The predicted molar refractivity (Wildman–Crippen MR) is 65.3 cm³/mol. The number of hydrogen-bond acceptors (Lipinski definition) is 5. The van der Waals surface area contributed by atoms with Gasteiger partial charge in [0.1, 0.15) is 0 Å². The van der Waals surface area contributed by atoms with Crippen LogP contribution in [-0.4, -0.2) is 33.5 Å². The summed E-state index contributed by atoms with van der Waals surface area (Å²) in [5.41, 5.74) is 6.29. The Balaban J connectivity index is 2.14. The Kier molecular flexibility index (Phi) is 3.33. The molecule has 1 atom stereocenters. The number of pyridine rings is 1. The van der Waals surface area contributed by atoms with Crippen molar-refractivity contribution in [3.05, 3.63) is 18.5 Å². The number of carbonyl (C=O) groups excluding carboxylic acids is 2. The molecule has 1 unspecified atom stereocenters. The van der Waals surface area contributed by atoms with E-state index in [-0.39, 0.29) is 23.5 Å². The van der Waals surface area contributed by atoms with Crippen LogP contribution in [0.25, 0.3) is 0 Å². The maximum absolute atomic E-state index is 11.9. The van der Waals surface area contributed by atoms with Gasteiger partial charge in [-0.3, -0.25) is 19.5 Å². The lowest BCUT2D eigenvalue weighted by Crippen LogP contribution is -2.30. The minimum atomic E-state index is -0.354. The number of amides is 2. The predicted octanol–water partition coefficient (Wildman–Crippen LogP) is 0.903. The van der Waals surface area contributed by atoms with Crippen molar-refractivity contribution in [2.45, 2.75) is 23.5 Å². The van der Waals surface area contributed by atoms with Crippen LogP contribution in [0.2, 0.25) is 0 Å². The molecule has 1 aromatic heterocycles. The Hall–Kier alpha value is -1.56. The number of nitrogen functional groups attached to an aromatic ring is 1. The highest BCUT2D eigenvalue weighted by atomic mass is 32.2. The summed E-state index contributed by atoms with van der Waals surface area (Å²) < 4.78 is 0. The van der Waals surface area contributed by atoms with E-state index in [4.69, 9.17) is 5.73 Å². The first-order valence-corrected chi connectivity index (χ1v) is 6.21. The van der Waals surface area contributed by atoms with E-state index in [2.05, 4.69) is 4.98 Å². The summed E-state index contributed by atoms with van der Waals surface area (Å²) in [4.78, 5) is 29.4. The lowest BCUT2D eigenvalue weighted by atomic mass is 10.3. The molecule has 0 aromatic carbocycles. The highest BCUT2D eigenvalue weighted by Crippen LogP contribution is 2.33. The number of nitrogens with two attached hydrogens (primary N) is 1. The van der Waals surface area contributed by atoms with E-state index in [1.54, 1.807) is 25.4 Å². The molecule has 1 aliphatic rings. The Morgan fingerprint density at radius 2 is 2.35 bits per heavy atom. The molecular weight excluding hydrogens is 238 g/mol. The maximum atomic E-state index is 11.9. The number of nitrogens with zero attached hydrogens (tertiary/aromatic N) is 2. The number of imide groups is 1. The zero-order valence-corrected chi connectivity index (χ0v) is 10.2. The first-order valence-electron chi connectivity index (χ1n) is 5.33. The number of rotatable bonds is 3. The van der Waals surface area contributed by atoms with Crippen LogP contribution in [0.4, 0.5) is 5.69 Å². The third-order valence-corrected chi connectivity index (χ3v) is 3.88. The Morgan fingerprint density at radius 1 is 1.59 bits per heavy atom. The third kappa shape index (κ3) is 2.26. The van der Waals surface area contributed by atoms with Crippen LogP contribution >= 0.6 is 11.8 Å². The molecule has 5 nitrogen and oxygen atoms in total. The molecule has 6 heteroatoms. The number of likely N-dealkylation sites (tertiary alicyclic amines) is 1. The van der Waals surface area contributed by atoms with Gasteiger partial charge in [0, 0.05) is 24.1 Å². The van der Waals surface area contributed by atoms with E-state index in [9.17, 15) is 9.59 Å². The molecule has 2 N–H and O–H groups in total. The quantitative estimate of drug-likeness (QED) is 0.808. The molecule has 0 radical (unpaired) electrons. The summed E-state index contributed by atoms with van der Waals surface area (Å²) in [5.74, 6) is -0.235. The fraction of sp³-hybridized carbons (Fsp3) is 0.364. The van der Waals surface area contributed by atoms with Gasteiger partial charge in [-0.05, 0) is 13.0 Å². The summed E-state index contributed by atoms with van der Waals surface area (Å²) >= 11 is 1.33. The van der Waals surface area contributed by atoms with Gasteiger partial charge in [0.05, 0.1) is 17.1 Å². The summed E-state index contributed by atoms with van der Waals surface area (Å²) in [6.45, 7) is 2.23. The lowest BCUT2D eigenvalue weighted by molar-refractivity contribution is -0.137. The van der Waals surface area contributed by atoms with E-state index in [0.29, 0.717) is 12.2 Å². The Morgan fingerprint density at radius 3 is 2.94 bits per heavy atom. The topological polar surface area (TPSA) is 76.3 Å². The van der Waals surface area contributed by atoms with Crippen LogP contribution in [-0.2, 0) is 9.59 Å². The first-order chi connectivity index (χ1) is 8.13. The SMILES string of the molecule is CCN1C(=O)CC(Sc2ccncc2N)C1=O. The molecule has 90 valence electrons. The summed E-state index contributed by atoms with van der Waals surface area (Å²) in [6.07, 6.45) is 3.41. The van der Waals surface area contributed by atoms with E-state index in [1.807, 2.05) is 0 Å². The highest BCUT2D eigenvalue weighted by molar-refractivity contribution is 8.00. The fourth-order valence-electron chi connectivity index (χ4n) is 1.73. The van der Waals surface area contributed by atoms with Crippen LogP contribution in [0.1, 0.15) is 13.3 Å². The zero-order valence-electron chi connectivity index (χ0n) is 9.42. The monoisotopic (exact) mass is 251 g/mol. The van der Waals surface area contributed by atoms with Gasteiger partial charge in [0.25, 0.3) is 0 Å². The second kappa shape index (κ2) is 4.75. The molecule has 0 aliphatic carbocycles. The average molecular weight is 251 g/mol. The van der Waals surface area contributed by atoms with E-state index >= 15 is 0 Å². The molecule has 2 rings (SSSR count). The Labute approximate surface area is 103 Å². The number of carbonyl (C=O) groups is 2. The molecule has 0 spiro atoms. The van der Waals surface area contributed by atoms with Gasteiger partial charge in [-0.25, -0.2) is 0 Å². The minimum absolute atomic E-state index is 0.109.